The third-order valence-corrected chi connectivity index (χ3v) is 9.58. The van der Waals surface area contributed by atoms with Gasteiger partial charge < -0.3 is 4.42 Å². The van der Waals surface area contributed by atoms with Crippen molar-refractivity contribution in [1.29, 1.82) is 0 Å². The van der Waals surface area contributed by atoms with Crippen molar-refractivity contribution in [3.8, 4) is 0 Å². The van der Waals surface area contributed by atoms with Gasteiger partial charge in [0.25, 0.3) is 0 Å². The summed E-state index contributed by atoms with van der Waals surface area (Å²) in [5, 5.41) is 6.34. The van der Waals surface area contributed by atoms with Crippen LogP contribution in [0.2, 0.25) is 0 Å². The number of hydrogen-bond donors (Lipinski definition) is 1. The molecule has 1 aliphatic rings. The predicted octanol–water partition coefficient (Wildman–Crippen LogP) is 4.64. The van der Waals surface area contributed by atoms with Crippen molar-refractivity contribution in [3.05, 3.63) is 84.8 Å². The lowest BCUT2D eigenvalue weighted by molar-refractivity contribution is 0.369. The van der Waals surface area contributed by atoms with Crippen molar-refractivity contribution < 1.29 is 4.42 Å². The maximum absolute atomic E-state index is 6.36. The summed E-state index contributed by atoms with van der Waals surface area (Å²) in [6, 6.07) is 25.3. The molecule has 1 saturated carbocycles. The fourth-order valence-electron chi connectivity index (χ4n) is 3.78. The van der Waals surface area contributed by atoms with Gasteiger partial charge in [0.2, 0.25) is 0 Å². The van der Waals surface area contributed by atoms with Gasteiger partial charge in [-0.25, -0.2) is 0 Å². The third-order valence-electron chi connectivity index (χ3n) is 5.25. The van der Waals surface area contributed by atoms with Gasteiger partial charge in [0.15, 0.2) is 0 Å². The Kier molecular flexibility index (Phi) is 6.21. The molecule has 1 N–H and O–H groups in total. The molecule has 0 saturated heterocycles. The van der Waals surface area contributed by atoms with E-state index < -0.39 is 6.19 Å². The Morgan fingerprint density at radius 2 is 1.54 bits per heavy atom. The highest BCUT2D eigenvalue weighted by Gasteiger charge is 2.31. The molecule has 3 aromatic rings. The number of benzene rings is 2. The van der Waals surface area contributed by atoms with Crippen LogP contribution in [0, 0.1) is 0 Å². The molecule has 0 bridgehead atoms. The summed E-state index contributed by atoms with van der Waals surface area (Å²) in [5.41, 5.74) is 0. The summed E-state index contributed by atoms with van der Waals surface area (Å²) >= 11 is 6.36. The van der Waals surface area contributed by atoms with Crippen LogP contribution in [0.1, 0.15) is 31.4 Å². The maximum atomic E-state index is 6.36. The zero-order valence-electron chi connectivity index (χ0n) is 15.8. The molecule has 0 amide bonds. The number of nitrogens with one attached hydrogen (secondary N) is 1. The van der Waals surface area contributed by atoms with Crippen LogP contribution < -0.4 is 15.7 Å². The maximum Gasteiger partial charge on any atom is 0.144 e. The first kappa shape index (κ1) is 19.3. The van der Waals surface area contributed by atoms with Crippen LogP contribution in [0.3, 0.4) is 0 Å². The molecule has 1 aliphatic carbocycles. The summed E-state index contributed by atoms with van der Waals surface area (Å²) in [6.45, 7) is 0. The van der Waals surface area contributed by atoms with Crippen LogP contribution in [-0.2, 0) is 11.8 Å². The van der Waals surface area contributed by atoms with Crippen LogP contribution in [0.4, 0.5) is 0 Å². The first-order valence-electron chi connectivity index (χ1n) is 9.81. The van der Waals surface area contributed by atoms with E-state index in [4.69, 9.17) is 21.2 Å². The zero-order chi connectivity index (χ0) is 19.2. The highest BCUT2D eigenvalue weighted by molar-refractivity contribution is 8.20. The number of hydrogen-bond acceptors (Lipinski definition) is 3. The number of rotatable bonds is 6. The standard InChI is InChI=1S/C23H25N2OPS/c28-27(20-11-3-1-4-12-20,21-13-5-2-6-14-21)25-23-16-8-7-15-22(23)24-18-19-10-9-17-26-19/h1-6,9-14,17-18,22-23H,7-8,15-16H2,(H,25,28)/t22-,23-/m1/s1. The van der Waals surface area contributed by atoms with E-state index in [9.17, 15) is 0 Å². The molecule has 1 aromatic heterocycles. The lowest BCUT2D eigenvalue weighted by Crippen LogP contribution is -2.43. The van der Waals surface area contributed by atoms with Crippen LogP contribution >= 0.6 is 6.19 Å². The highest BCUT2D eigenvalue weighted by Crippen LogP contribution is 2.41. The molecule has 1 fully saturated rings. The van der Waals surface area contributed by atoms with E-state index in [1.165, 1.54) is 23.5 Å². The van der Waals surface area contributed by atoms with Crippen molar-refractivity contribution in [3.63, 3.8) is 0 Å². The Bertz CT molecular complexity index is 898. The molecule has 0 unspecified atom stereocenters. The Morgan fingerprint density at radius 1 is 0.893 bits per heavy atom. The average Bonchev–Trinajstić information content (AvgIpc) is 3.28. The monoisotopic (exact) mass is 408 g/mol. The van der Waals surface area contributed by atoms with Gasteiger partial charge in [0, 0.05) is 16.7 Å². The zero-order valence-corrected chi connectivity index (χ0v) is 17.5. The van der Waals surface area contributed by atoms with E-state index in [0.717, 1.165) is 18.6 Å². The minimum Gasteiger partial charge on any atom is -0.463 e. The molecule has 2 aromatic carbocycles. The third kappa shape index (κ3) is 4.35. The summed E-state index contributed by atoms with van der Waals surface area (Å²) < 4.78 is 5.42. The van der Waals surface area contributed by atoms with E-state index in [0.29, 0.717) is 0 Å². The normalized spacial score (nSPS) is 20.4. The first-order chi connectivity index (χ1) is 13.8. The van der Waals surface area contributed by atoms with Gasteiger partial charge in [-0.2, -0.15) is 0 Å². The minimum atomic E-state index is -2.13. The largest absolute Gasteiger partial charge is 0.463 e. The van der Waals surface area contributed by atoms with E-state index in [1.54, 1.807) is 6.26 Å². The molecule has 0 radical (unpaired) electrons. The Balaban J connectivity index is 1.64. The molecular weight excluding hydrogens is 383 g/mol. The summed E-state index contributed by atoms with van der Waals surface area (Å²) in [6.07, 6.45) is 6.01. The minimum absolute atomic E-state index is 0.216. The molecule has 0 aliphatic heterocycles. The lowest BCUT2D eigenvalue weighted by Gasteiger charge is -2.35. The van der Waals surface area contributed by atoms with Gasteiger partial charge in [-0.3, -0.25) is 10.1 Å². The molecule has 4 rings (SSSR count). The van der Waals surface area contributed by atoms with E-state index in [1.807, 2.05) is 30.5 Å². The van der Waals surface area contributed by atoms with Crippen LogP contribution in [0.25, 0.3) is 0 Å². The van der Waals surface area contributed by atoms with E-state index in [2.05, 4.69) is 53.6 Å². The molecular formula is C23H25N2OPS. The summed E-state index contributed by atoms with van der Waals surface area (Å²) in [7, 11) is 0. The lowest BCUT2D eigenvalue weighted by atomic mass is 9.91. The quantitative estimate of drug-likeness (QED) is 0.477. The van der Waals surface area contributed by atoms with Crippen molar-refractivity contribution in [1.82, 2.24) is 5.09 Å². The van der Waals surface area contributed by atoms with Gasteiger partial charge in [-0.05, 0) is 25.0 Å². The molecule has 28 heavy (non-hydrogen) atoms. The highest BCUT2D eigenvalue weighted by atomic mass is 32.4. The first-order valence-corrected chi connectivity index (χ1v) is 12.6. The number of nitrogens with zero attached hydrogens (tertiary/aromatic N) is 1. The van der Waals surface area contributed by atoms with Gasteiger partial charge in [0.1, 0.15) is 5.76 Å². The molecule has 144 valence electrons. The average molecular weight is 409 g/mol. The van der Waals surface area contributed by atoms with Gasteiger partial charge in [0.05, 0.1) is 24.7 Å². The molecule has 3 nitrogen and oxygen atoms in total. The fraction of sp³-hybridized carbons (Fsp3) is 0.261. The summed E-state index contributed by atoms with van der Waals surface area (Å²) in [5.74, 6) is 0.801. The van der Waals surface area contributed by atoms with Crippen molar-refractivity contribution in [2.45, 2.75) is 37.8 Å². The van der Waals surface area contributed by atoms with E-state index >= 15 is 0 Å². The topological polar surface area (TPSA) is 37.5 Å². The Hall–Kier alpha value is -2.00. The fourth-order valence-corrected chi connectivity index (χ4v) is 7.47. The van der Waals surface area contributed by atoms with Gasteiger partial charge >= 0.3 is 0 Å². The van der Waals surface area contributed by atoms with E-state index in [-0.39, 0.29) is 12.1 Å². The van der Waals surface area contributed by atoms with Crippen molar-refractivity contribution >= 4 is 34.8 Å². The summed E-state index contributed by atoms with van der Waals surface area (Å²) in [4.78, 5) is 4.87. The Morgan fingerprint density at radius 3 is 2.14 bits per heavy atom. The Labute approximate surface area is 172 Å². The molecule has 2 atom stereocenters. The second kappa shape index (κ2) is 9.00. The molecule has 1 heterocycles. The molecule has 0 spiro atoms. The van der Waals surface area contributed by atoms with Crippen molar-refractivity contribution in [2.24, 2.45) is 4.99 Å². The van der Waals surface area contributed by atoms with Crippen LogP contribution in [-0.4, -0.2) is 18.3 Å². The number of aliphatic imine (C=N–C) groups is 1. The van der Waals surface area contributed by atoms with Gasteiger partial charge in [-0.15, -0.1) is 0 Å². The van der Waals surface area contributed by atoms with Crippen LogP contribution in [0.5, 0.6) is 0 Å². The molecule has 5 heteroatoms. The SMILES string of the molecule is S=P(N[C@@H]1CCCC[C@H]1N=Cc1ccco1)(c1ccccc1)c1ccccc1. The number of furan rings is 1. The van der Waals surface area contributed by atoms with Gasteiger partial charge in [-0.1, -0.05) is 85.3 Å². The second-order valence-electron chi connectivity index (χ2n) is 7.16. The predicted molar refractivity (Wildman–Crippen MR) is 122 cm³/mol. The smallest absolute Gasteiger partial charge is 0.144 e. The van der Waals surface area contributed by atoms with Crippen molar-refractivity contribution in [2.75, 3.05) is 0 Å². The van der Waals surface area contributed by atoms with Crippen LogP contribution in [0.15, 0.2) is 88.5 Å². The second-order valence-corrected chi connectivity index (χ2v) is 11.3.